The van der Waals surface area contributed by atoms with E-state index in [0.29, 0.717) is 12.4 Å². The Balaban J connectivity index is 2.44. The third-order valence-electron chi connectivity index (χ3n) is 2.25. The topological polar surface area (TPSA) is 99.8 Å². The van der Waals surface area contributed by atoms with Crippen molar-refractivity contribution >= 4 is 10.0 Å². The van der Waals surface area contributed by atoms with E-state index >= 15 is 0 Å². The van der Waals surface area contributed by atoms with Crippen LogP contribution >= 0.6 is 0 Å². The third kappa shape index (κ3) is 4.80. The van der Waals surface area contributed by atoms with Gasteiger partial charge in [0.05, 0.1) is 11.8 Å². The summed E-state index contributed by atoms with van der Waals surface area (Å²) in [5.74, 6) is 0.498. The number of nitrogens with zero attached hydrogens (tertiary/aromatic N) is 2. The molecule has 8 heteroatoms. The molecule has 0 bridgehead atoms. The molecule has 0 spiro atoms. The predicted octanol–water partition coefficient (Wildman–Crippen LogP) is -0.389. The molecule has 7 nitrogen and oxygen atoms in total. The fourth-order valence-electron chi connectivity index (χ4n) is 1.14. The zero-order valence-corrected chi connectivity index (χ0v) is 11.1. The largest absolute Gasteiger partial charge is 0.313 e. The Hall–Kier alpha value is -0.990. The van der Waals surface area contributed by atoms with Gasteiger partial charge in [0.25, 0.3) is 0 Å². The monoisotopic (exact) mass is 261 g/mol. The summed E-state index contributed by atoms with van der Waals surface area (Å²) in [6, 6.07) is 0.266. The number of aromatic nitrogens is 3. The van der Waals surface area contributed by atoms with Crippen LogP contribution in [0.5, 0.6) is 0 Å². The van der Waals surface area contributed by atoms with E-state index < -0.39 is 15.3 Å². The van der Waals surface area contributed by atoms with Crippen molar-refractivity contribution in [3.8, 4) is 0 Å². The minimum Gasteiger partial charge on any atom is -0.313 e. The molecule has 1 aromatic rings. The Morgan fingerprint density at radius 3 is 2.65 bits per heavy atom. The summed E-state index contributed by atoms with van der Waals surface area (Å²) in [6.07, 6.45) is 1.34. The Morgan fingerprint density at radius 2 is 2.12 bits per heavy atom. The molecule has 0 saturated carbocycles. The molecule has 1 heterocycles. The second-order valence-corrected chi connectivity index (χ2v) is 6.36. The Bertz CT molecular complexity index is 415. The molecule has 0 aliphatic carbocycles. The van der Waals surface area contributed by atoms with Gasteiger partial charge in [-0.2, -0.15) is 5.10 Å². The smallest absolute Gasteiger partial charge is 0.215 e. The standard InChI is InChI=1S/C9H19N5O2S/c1-7(2)10-4-8(3)17(15,16)13-5-9-11-6-12-14-9/h6-8,10,13H,4-5H2,1-3H3,(H,11,12,14). The van der Waals surface area contributed by atoms with Crippen LogP contribution in [0, 0.1) is 0 Å². The molecule has 0 aliphatic heterocycles. The molecule has 0 aromatic carbocycles. The van der Waals surface area contributed by atoms with Crippen molar-refractivity contribution in [2.24, 2.45) is 0 Å². The summed E-state index contributed by atoms with van der Waals surface area (Å²) < 4.78 is 26.1. The first-order valence-corrected chi connectivity index (χ1v) is 7.02. The van der Waals surface area contributed by atoms with Crippen molar-refractivity contribution < 1.29 is 8.42 Å². The van der Waals surface area contributed by atoms with Crippen LogP contribution in [0.25, 0.3) is 0 Å². The lowest BCUT2D eigenvalue weighted by Gasteiger charge is -2.15. The van der Waals surface area contributed by atoms with E-state index in [0.717, 1.165) is 0 Å². The lowest BCUT2D eigenvalue weighted by atomic mass is 10.3. The van der Waals surface area contributed by atoms with E-state index in [2.05, 4.69) is 25.2 Å². The number of sulfonamides is 1. The minimum atomic E-state index is -3.33. The highest BCUT2D eigenvalue weighted by Crippen LogP contribution is 1.99. The number of H-pyrrole nitrogens is 1. The van der Waals surface area contributed by atoms with Gasteiger partial charge < -0.3 is 5.32 Å². The van der Waals surface area contributed by atoms with Crippen LogP contribution < -0.4 is 10.0 Å². The minimum absolute atomic E-state index is 0.133. The van der Waals surface area contributed by atoms with E-state index in [1.54, 1.807) is 6.92 Å². The number of hydrogen-bond donors (Lipinski definition) is 3. The van der Waals surface area contributed by atoms with Crippen LogP contribution in [-0.4, -0.2) is 41.4 Å². The van der Waals surface area contributed by atoms with Crippen molar-refractivity contribution in [1.82, 2.24) is 25.2 Å². The van der Waals surface area contributed by atoms with Crippen molar-refractivity contribution in [3.05, 3.63) is 12.2 Å². The molecule has 0 fully saturated rings. The quantitative estimate of drug-likeness (QED) is 0.621. The molecule has 1 aromatic heterocycles. The number of rotatable bonds is 7. The normalized spacial score (nSPS) is 14.1. The first kappa shape index (κ1) is 14.1. The van der Waals surface area contributed by atoms with Gasteiger partial charge in [0.2, 0.25) is 10.0 Å². The third-order valence-corrected chi connectivity index (χ3v) is 4.02. The molecule has 3 N–H and O–H groups in total. The lowest BCUT2D eigenvalue weighted by Crippen LogP contribution is -2.40. The molecule has 17 heavy (non-hydrogen) atoms. The van der Waals surface area contributed by atoms with Gasteiger partial charge in [0, 0.05) is 12.6 Å². The van der Waals surface area contributed by atoms with Gasteiger partial charge in [-0.25, -0.2) is 18.1 Å². The zero-order chi connectivity index (χ0) is 12.9. The first-order valence-electron chi connectivity index (χ1n) is 5.48. The molecule has 0 radical (unpaired) electrons. The number of hydrogen-bond acceptors (Lipinski definition) is 5. The second kappa shape index (κ2) is 6.08. The molecule has 1 atom stereocenters. The average molecular weight is 261 g/mol. The van der Waals surface area contributed by atoms with Crippen LogP contribution in [0.3, 0.4) is 0 Å². The molecule has 1 rings (SSSR count). The highest BCUT2D eigenvalue weighted by atomic mass is 32.2. The van der Waals surface area contributed by atoms with E-state index in [1.807, 2.05) is 13.8 Å². The van der Waals surface area contributed by atoms with Crippen molar-refractivity contribution in [2.45, 2.75) is 38.6 Å². The molecule has 98 valence electrons. The number of nitrogens with one attached hydrogen (secondary N) is 3. The van der Waals surface area contributed by atoms with E-state index in [-0.39, 0.29) is 12.6 Å². The van der Waals surface area contributed by atoms with Crippen LogP contribution in [-0.2, 0) is 16.6 Å². The van der Waals surface area contributed by atoms with Crippen molar-refractivity contribution in [3.63, 3.8) is 0 Å². The molecule has 0 amide bonds. The summed E-state index contributed by atoms with van der Waals surface area (Å²) in [6.45, 7) is 6.17. The molecule has 1 unspecified atom stereocenters. The Labute approximate surface area is 101 Å². The van der Waals surface area contributed by atoms with Crippen LogP contribution in [0.2, 0.25) is 0 Å². The predicted molar refractivity (Wildman–Crippen MR) is 64.7 cm³/mol. The zero-order valence-electron chi connectivity index (χ0n) is 10.3. The van der Waals surface area contributed by atoms with Crippen LogP contribution in [0.1, 0.15) is 26.6 Å². The fourth-order valence-corrected chi connectivity index (χ4v) is 2.08. The van der Waals surface area contributed by atoms with Gasteiger partial charge in [-0.15, -0.1) is 0 Å². The highest BCUT2D eigenvalue weighted by molar-refractivity contribution is 7.90. The lowest BCUT2D eigenvalue weighted by molar-refractivity contribution is 0.539. The summed E-state index contributed by atoms with van der Waals surface area (Å²) in [5, 5.41) is 8.84. The SMILES string of the molecule is CC(C)NCC(C)S(=O)(=O)NCc1ncn[nH]1. The maximum absolute atomic E-state index is 11.8. The van der Waals surface area contributed by atoms with Crippen molar-refractivity contribution in [1.29, 1.82) is 0 Å². The van der Waals surface area contributed by atoms with Gasteiger partial charge in [0.15, 0.2) is 0 Å². The van der Waals surface area contributed by atoms with Gasteiger partial charge in [-0.05, 0) is 6.92 Å². The summed E-state index contributed by atoms with van der Waals surface area (Å²) in [4.78, 5) is 3.84. The molecule has 0 saturated heterocycles. The molecular weight excluding hydrogens is 242 g/mol. The molecular formula is C9H19N5O2S. The van der Waals surface area contributed by atoms with Crippen LogP contribution in [0.4, 0.5) is 0 Å². The Kier molecular flexibility index (Phi) is 5.03. The van der Waals surface area contributed by atoms with E-state index in [1.165, 1.54) is 6.33 Å². The Morgan fingerprint density at radius 1 is 1.41 bits per heavy atom. The maximum Gasteiger partial charge on any atom is 0.215 e. The highest BCUT2D eigenvalue weighted by Gasteiger charge is 2.20. The van der Waals surface area contributed by atoms with Gasteiger partial charge in [-0.3, -0.25) is 5.10 Å². The number of aromatic amines is 1. The fraction of sp³-hybridized carbons (Fsp3) is 0.778. The first-order chi connectivity index (χ1) is 7.92. The maximum atomic E-state index is 11.8. The average Bonchev–Trinajstić information content (AvgIpc) is 2.75. The summed E-state index contributed by atoms with van der Waals surface area (Å²) in [7, 11) is -3.33. The second-order valence-electron chi connectivity index (χ2n) is 4.17. The van der Waals surface area contributed by atoms with Gasteiger partial charge in [-0.1, -0.05) is 13.8 Å². The van der Waals surface area contributed by atoms with Gasteiger partial charge >= 0.3 is 0 Å². The molecule has 0 aliphatic rings. The van der Waals surface area contributed by atoms with Gasteiger partial charge in [0.1, 0.15) is 12.2 Å². The summed E-state index contributed by atoms with van der Waals surface area (Å²) in [5.41, 5.74) is 0. The summed E-state index contributed by atoms with van der Waals surface area (Å²) >= 11 is 0. The van der Waals surface area contributed by atoms with E-state index in [4.69, 9.17) is 0 Å². The van der Waals surface area contributed by atoms with Crippen LogP contribution in [0.15, 0.2) is 6.33 Å². The van der Waals surface area contributed by atoms with Crippen molar-refractivity contribution in [2.75, 3.05) is 6.54 Å². The van der Waals surface area contributed by atoms with E-state index in [9.17, 15) is 8.42 Å².